The maximum absolute atomic E-state index is 12.5. The molecular weight excluding hydrogens is 394 g/mol. The van der Waals surface area contributed by atoms with Gasteiger partial charge in [0.1, 0.15) is 6.61 Å². The lowest BCUT2D eigenvalue weighted by Gasteiger charge is -2.40. The van der Waals surface area contributed by atoms with Crippen LogP contribution in [0.4, 0.5) is 0 Å². The van der Waals surface area contributed by atoms with Crippen molar-refractivity contribution >= 4 is 5.91 Å². The third kappa shape index (κ3) is 4.52. The number of aromatic nitrogens is 1. The summed E-state index contributed by atoms with van der Waals surface area (Å²) in [6.45, 7) is -0.196. The van der Waals surface area contributed by atoms with Crippen LogP contribution in [0.25, 0.3) is 0 Å². The minimum atomic E-state index is -4.44. The Hall–Kier alpha value is -3.04. The van der Waals surface area contributed by atoms with Gasteiger partial charge in [-0.15, -0.1) is 0 Å². The fraction of sp³-hybridized carbons (Fsp3) is 0.250. The van der Waals surface area contributed by atoms with Crippen LogP contribution in [0.1, 0.15) is 16.1 Å². The molecule has 0 radical (unpaired) electrons. The number of nitrogens with zero attached hydrogens (tertiary/aromatic N) is 1. The largest absolute Gasteiger partial charge is 0.482 e. The van der Waals surface area contributed by atoms with E-state index in [1.807, 2.05) is 0 Å². The Labute approximate surface area is 162 Å². The fourth-order valence-electron chi connectivity index (χ4n) is 2.24. The third-order valence-corrected chi connectivity index (χ3v) is 3.79. The number of benzene rings is 1. The van der Waals surface area contributed by atoms with Crippen molar-refractivity contribution in [3.8, 4) is 5.75 Å². The monoisotopic (exact) mass is 413 g/mol. The number of carbonyl (C=O) groups is 1. The summed E-state index contributed by atoms with van der Waals surface area (Å²) in [5.41, 5.74) is -5.31. The number of rotatable bonds is 7. The van der Waals surface area contributed by atoms with Crippen molar-refractivity contribution in [1.29, 1.82) is 0 Å². The van der Waals surface area contributed by atoms with Gasteiger partial charge in [-0.25, -0.2) is 0 Å². The van der Waals surface area contributed by atoms with E-state index in [-0.39, 0.29) is 6.61 Å². The van der Waals surface area contributed by atoms with Crippen LogP contribution in [-0.4, -0.2) is 64.0 Å². The van der Waals surface area contributed by atoms with E-state index in [0.717, 1.165) is 12.3 Å². The number of nitrogens with one attached hydrogen (secondary N) is 1. The summed E-state index contributed by atoms with van der Waals surface area (Å²) in [4.78, 5) is 24.6. The Balaban J connectivity index is 2.44. The Morgan fingerprint density at radius 2 is 1.55 bits per heavy atom. The summed E-state index contributed by atoms with van der Waals surface area (Å²) >= 11 is 0. The lowest BCUT2D eigenvalue weighted by Crippen LogP contribution is -2.76. The Kier molecular flexibility index (Phi) is 5.96. The van der Waals surface area contributed by atoms with Crippen molar-refractivity contribution < 1.29 is 45.3 Å². The lowest BCUT2D eigenvalue weighted by atomic mass is 10.1. The molecule has 0 fully saturated rings. The molecular formula is C16H19N3O10. The quantitative estimate of drug-likeness (QED) is 0.156. The average Bonchev–Trinajstić information content (AvgIpc) is 2.61. The number of ether oxygens (including phenoxy) is 1. The van der Waals surface area contributed by atoms with Gasteiger partial charge < -0.3 is 51.6 Å². The van der Waals surface area contributed by atoms with E-state index in [1.165, 1.54) is 5.32 Å². The van der Waals surface area contributed by atoms with Gasteiger partial charge in [-0.3, -0.25) is 14.3 Å². The molecule has 0 atom stereocenters. The molecule has 0 aliphatic heterocycles. The lowest BCUT2D eigenvalue weighted by molar-refractivity contribution is -0.499. The van der Waals surface area contributed by atoms with Crippen molar-refractivity contribution in [2.24, 2.45) is 0 Å². The predicted molar refractivity (Wildman–Crippen MR) is 92.8 cm³/mol. The number of nitrogens with two attached hydrogens (primary N) is 1. The molecule has 0 aliphatic carbocycles. The number of amides is 1. The van der Waals surface area contributed by atoms with Gasteiger partial charge in [-0.1, -0.05) is 30.3 Å². The highest BCUT2D eigenvalue weighted by Crippen LogP contribution is 2.25. The van der Waals surface area contributed by atoms with Crippen LogP contribution in [0.5, 0.6) is 5.75 Å². The van der Waals surface area contributed by atoms with Crippen LogP contribution in [0.2, 0.25) is 0 Å². The Morgan fingerprint density at radius 3 is 2.07 bits per heavy atom. The van der Waals surface area contributed by atoms with Crippen LogP contribution in [0, 0.1) is 0 Å². The van der Waals surface area contributed by atoms with E-state index < -0.39 is 40.5 Å². The van der Waals surface area contributed by atoms with Crippen LogP contribution >= 0.6 is 0 Å². The maximum atomic E-state index is 12.5. The van der Waals surface area contributed by atoms with E-state index in [9.17, 15) is 14.7 Å². The zero-order valence-corrected chi connectivity index (χ0v) is 14.6. The average molecular weight is 413 g/mol. The summed E-state index contributed by atoms with van der Waals surface area (Å²) in [7, 11) is 0. The summed E-state index contributed by atoms with van der Waals surface area (Å²) < 4.78 is 5.85. The van der Waals surface area contributed by atoms with Crippen LogP contribution in [-0.2, 0) is 6.61 Å². The molecule has 1 aromatic heterocycles. The van der Waals surface area contributed by atoms with Crippen molar-refractivity contribution in [1.82, 2.24) is 9.99 Å². The molecule has 0 spiro atoms. The molecule has 0 bridgehead atoms. The van der Waals surface area contributed by atoms with Gasteiger partial charge in [0.05, 0.1) is 0 Å². The first-order valence-corrected chi connectivity index (χ1v) is 7.84. The Bertz CT molecular complexity index is 917. The van der Waals surface area contributed by atoms with E-state index in [1.54, 1.807) is 30.3 Å². The topological polar surface area (TPSA) is 228 Å². The van der Waals surface area contributed by atoms with Gasteiger partial charge in [0.25, 0.3) is 5.91 Å². The number of aliphatic hydroxyl groups is 7. The highest BCUT2D eigenvalue weighted by Gasteiger charge is 2.64. The summed E-state index contributed by atoms with van der Waals surface area (Å²) in [6, 6.07) is 9.34. The molecule has 1 aromatic carbocycles. The van der Waals surface area contributed by atoms with Crippen LogP contribution in [0.15, 0.2) is 47.4 Å². The van der Waals surface area contributed by atoms with Crippen molar-refractivity contribution in [2.45, 2.75) is 24.3 Å². The van der Waals surface area contributed by atoms with Crippen LogP contribution < -0.4 is 21.3 Å². The molecule has 10 N–H and O–H groups in total. The first kappa shape index (κ1) is 22.3. The molecule has 1 amide bonds. The molecule has 2 aromatic rings. The molecule has 13 heteroatoms. The molecule has 158 valence electrons. The van der Waals surface area contributed by atoms with Gasteiger partial charge in [-0.05, 0) is 5.56 Å². The molecule has 13 nitrogen and oxygen atoms in total. The first-order valence-electron chi connectivity index (χ1n) is 7.84. The molecule has 0 saturated heterocycles. The second-order valence-electron chi connectivity index (χ2n) is 5.97. The van der Waals surface area contributed by atoms with Crippen molar-refractivity contribution in [3.05, 3.63) is 64.1 Å². The van der Waals surface area contributed by atoms with Gasteiger partial charge in [0.15, 0.2) is 11.4 Å². The highest BCUT2D eigenvalue weighted by molar-refractivity contribution is 5.95. The zero-order valence-electron chi connectivity index (χ0n) is 14.6. The number of hydrogen-bond acceptors (Lipinski definition) is 11. The number of pyridine rings is 1. The maximum Gasteiger partial charge on any atom is 0.335 e. The molecule has 2 rings (SSSR count). The molecule has 0 saturated carbocycles. The third-order valence-electron chi connectivity index (χ3n) is 3.79. The van der Waals surface area contributed by atoms with Gasteiger partial charge in [0, 0.05) is 12.3 Å². The summed E-state index contributed by atoms with van der Waals surface area (Å²) in [5.74, 6) is -5.62. The molecule has 29 heavy (non-hydrogen) atoms. The summed E-state index contributed by atoms with van der Waals surface area (Å²) in [5, 5.41) is 66.0. The van der Waals surface area contributed by atoms with Crippen molar-refractivity contribution in [3.63, 3.8) is 0 Å². The SMILES string of the molecule is Nn1ccc(=O)c(OCc2ccccc2)c1C(=O)NC(O)(C(O)(O)O)C(O)(O)O. The number of nitrogen functional groups attached to an aromatic ring is 1. The smallest absolute Gasteiger partial charge is 0.335 e. The molecule has 1 heterocycles. The minimum absolute atomic E-state index is 0.196. The normalized spacial score (nSPS) is 12.5. The van der Waals surface area contributed by atoms with Gasteiger partial charge in [-0.2, -0.15) is 0 Å². The van der Waals surface area contributed by atoms with Crippen LogP contribution in [0.3, 0.4) is 0 Å². The van der Waals surface area contributed by atoms with E-state index in [0.29, 0.717) is 10.2 Å². The minimum Gasteiger partial charge on any atom is -0.482 e. The van der Waals surface area contributed by atoms with Gasteiger partial charge in [0.2, 0.25) is 5.43 Å². The summed E-state index contributed by atoms with van der Waals surface area (Å²) in [6.07, 6.45) is 0.917. The first-order chi connectivity index (χ1) is 13.3. The van der Waals surface area contributed by atoms with E-state index in [2.05, 4.69) is 0 Å². The van der Waals surface area contributed by atoms with E-state index in [4.69, 9.17) is 41.2 Å². The van der Waals surface area contributed by atoms with Crippen molar-refractivity contribution in [2.75, 3.05) is 5.84 Å². The number of hydrogen-bond donors (Lipinski definition) is 9. The molecule has 0 unspecified atom stereocenters. The zero-order chi connectivity index (χ0) is 22.0. The predicted octanol–water partition coefficient (Wildman–Crippen LogP) is -4.18. The number of carbonyl (C=O) groups excluding carboxylic acids is 1. The second-order valence-corrected chi connectivity index (χ2v) is 5.97. The van der Waals surface area contributed by atoms with Gasteiger partial charge >= 0.3 is 17.7 Å². The molecule has 0 aliphatic rings. The standard InChI is InChI=1S/C16H19N3O10/c17-19-7-6-10(20)12(29-8-9-4-2-1-3-5-9)11(19)13(21)18-14(22,15(23,24)25)16(26,27)28/h1-7,22-28H,8,17H2,(H,18,21). The Morgan fingerprint density at radius 1 is 1.00 bits per heavy atom. The second kappa shape index (κ2) is 7.76. The highest BCUT2D eigenvalue weighted by atomic mass is 16.7. The van der Waals surface area contributed by atoms with E-state index >= 15 is 0 Å². The fourth-order valence-corrected chi connectivity index (χ4v) is 2.24.